The predicted molar refractivity (Wildman–Crippen MR) is 96.4 cm³/mol. The van der Waals surface area contributed by atoms with E-state index in [1.807, 2.05) is 6.07 Å². The first-order valence-electron chi connectivity index (χ1n) is 7.87. The molecule has 0 aliphatic rings. The molecule has 0 aliphatic heterocycles. The summed E-state index contributed by atoms with van der Waals surface area (Å²) >= 11 is 0. The number of hydrogen-bond acceptors (Lipinski definition) is 3. The summed E-state index contributed by atoms with van der Waals surface area (Å²) in [4.78, 5) is 16.6. The number of halogens is 1. The molecular formula is C20H17FN2O2. The average molecular weight is 336 g/mol. The van der Waals surface area contributed by atoms with Crippen LogP contribution in [-0.4, -0.2) is 17.5 Å². The van der Waals surface area contributed by atoms with E-state index < -0.39 is 11.7 Å². The average Bonchev–Trinajstić information content (AvgIpc) is 2.64. The van der Waals surface area contributed by atoms with Crippen molar-refractivity contribution in [2.75, 3.05) is 11.9 Å². The lowest BCUT2D eigenvalue weighted by atomic mass is 10.1. The number of anilines is 1. The summed E-state index contributed by atoms with van der Waals surface area (Å²) in [5.74, 6) is -0.891. The van der Waals surface area contributed by atoms with Crippen molar-refractivity contribution in [3.05, 3.63) is 78.8 Å². The van der Waals surface area contributed by atoms with E-state index in [4.69, 9.17) is 4.74 Å². The smallest absolute Gasteiger partial charge is 0.255 e. The number of nitrogens with zero attached hydrogens (tertiary/aromatic N) is 1. The Bertz CT molecular complexity index is 924. The molecule has 0 saturated heterocycles. The molecule has 0 saturated carbocycles. The highest BCUT2D eigenvalue weighted by Crippen LogP contribution is 2.25. The number of benzene rings is 2. The first kappa shape index (κ1) is 16.6. The zero-order valence-corrected chi connectivity index (χ0v) is 13.5. The van der Waals surface area contributed by atoms with Crippen LogP contribution in [0.25, 0.3) is 10.9 Å². The molecule has 3 aromatic rings. The highest BCUT2D eigenvalue weighted by atomic mass is 19.1. The molecule has 0 aliphatic carbocycles. The van der Waals surface area contributed by atoms with E-state index in [0.29, 0.717) is 18.6 Å². The highest BCUT2D eigenvalue weighted by Gasteiger charge is 2.13. The molecule has 1 aromatic heterocycles. The van der Waals surface area contributed by atoms with E-state index in [1.54, 1.807) is 42.6 Å². The van der Waals surface area contributed by atoms with Gasteiger partial charge in [0.25, 0.3) is 5.91 Å². The van der Waals surface area contributed by atoms with E-state index in [2.05, 4.69) is 16.9 Å². The second-order valence-electron chi connectivity index (χ2n) is 5.41. The first-order valence-corrected chi connectivity index (χ1v) is 7.87. The molecule has 2 aromatic carbocycles. The Balaban J connectivity index is 1.79. The zero-order chi connectivity index (χ0) is 17.6. The number of hydrogen-bond donors (Lipinski definition) is 1. The van der Waals surface area contributed by atoms with Crippen molar-refractivity contribution in [2.24, 2.45) is 0 Å². The number of fused-ring (bicyclic) bond motifs is 1. The molecule has 0 bridgehead atoms. The summed E-state index contributed by atoms with van der Waals surface area (Å²) in [6.07, 6.45) is 3.99. The minimum absolute atomic E-state index is 0.0763. The Morgan fingerprint density at radius 2 is 2.12 bits per heavy atom. The Labute approximate surface area is 145 Å². The Hall–Kier alpha value is -3.21. The van der Waals surface area contributed by atoms with Gasteiger partial charge in [0.2, 0.25) is 0 Å². The van der Waals surface area contributed by atoms with Crippen LogP contribution in [0.15, 0.2) is 67.4 Å². The van der Waals surface area contributed by atoms with Gasteiger partial charge in [-0.05, 0) is 42.8 Å². The first-order chi connectivity index (χ1) is 12.2. The maximum absolute atomic E-state index is 14.5. The van der Waals surface area contributed by atoms with Gasteiger partial charge in [-0.15, -0.1) is 6.58 Å². The topological polar surface area (TPSA) is 51.2 Å². The second-order valence-corrected chi connectivity index (χ2v) is 5.41. The van der Waals surface area contributed by atoms with Crippen molar-refractivity contribution in [1.82, 2.24) is 4.98 Å². The van der Waals surface area contributed by atoms with Gasteiger partial charge in [-0.1, -0.05) is 18.2 Å². The maximum atomic E-state index is 14.5. The van der Waals surface area contributed by atoms with Crippen molar-refractivity contribution in [3.8, 4) is 5.75 Å². The largest absolute Gasteiger partial charge is 0.490 e. The molecule has 0 spiro atoms. The lowest BCUT2D eigenvalue weighted by molar-refractivity contribution is 0.102. The van der Waals surface area contributed by atoms with Crippen molar-refractivity contribution < 1.29 is 13.9 Å². The summed E-state index contributed by atoms with van der Waals surface area (Å²) in [5, 5.41) is 3.43. The summed E-state index contributed by atoms with van der Waals surface area (Å²) in [6.45, 7) is 3.92. The quantitative estimate of drug-likeness (QED) is 0.529. The third-order valence-electron chi connectivity index (χ3n) is 3.66. The molecule has 0 atom stereocenters. The van der Waals surface area contributed by atoms with Gasteiger partial charge in [0.1, 0.15) is 0 Å². The number of nitrogens with one attached hydrogen (secondary N) is 1. The lowest BCUT2D eigenvalue weighted by Gasteiger charge is -2.11. The van der Waals surface area contributed by atoms with Crippen molar-refractivity contribution in [1.29, 1.82) is 0 Å². The molecule has 0 radical (unpaired) electrons. The van der Waals surface area contributed by atoms with Crippen molar-refractivity contribution in [2.45, 2.75) is 6.42 Å². The lowest BCUT2D eigenvalue weighted by Crippen LogP contribution is -2.13. The van der Waals surface area contributed by atoms with E-state index in [0.717, 1.165) is 10.9 Å². The number of amides is 1. The summed E-state index contributed by atoms with van der Waals surface area (Å²) < 4.78 is 19.8. The Morgan fingerprint density at radius 1 is 1.24 bits per heavy atom. The molecule has 1 amide bonds. The second kappa shape index (κ2) is 7.57. The molecule has 1 N–H and O–H groups in total. The number of rotatable bonds is 6. The van der Waals surface area contributed by atoms with E-state index >= 15 is 0 Å². The fourth-order valence-corrected chi connectivity index (χ4v) is 2.38. The van der Waals surface area contributed by atoms with Crippen LogP contribution in [0.1, 0.15) is 16.8 Å². The van der Waals surface area contributed by atoms with Gasteiger partial charge in [0.05, 0.1) is 17.8 Å². The number of carbonyl (C=O) groups is 1. The van der Waals surface area contributed by atoms with E-state index in [-0.39, 0.29) is 11.4 Å². The highest BCUT2D eigenvalue weighted by molar-refractivity contribution is 6.06. The summed E-state index contributed by atoms with van der Waals surface area (Å²) in [7, 11) is 0. The molecule has 3 rings (SSSR count). The van der Waals surface area contributed by atoms with Crippen LogP contribution >= 0.6 is 0 Å². The molecule has 5 heteroatoms. The van der Waals surface area contributed by atoms with E-state index in [1.165, 1.54) is 12.1 Å². The van der Waals surface area contributed by atoms with Gasteiger partial charge in [-0.25, -0.2) is 4.39 Å². The fraction of sp³-hybridized carbons (Fsp3) is 0.100. The van der Waals surface area contributed by atoms with Gasteiger partial charge >= 0.3 is 0 Å². The molecular weight excluding hydrogens is 319 g/mol. The Morgan fingerprint density at radius 3 is 2.96 bits per heavy atom. The van der Waals surface area contributed by atoms with Crippen LogP contribution in [-0.2, 0) is 0 Å². The normalized spacial score (nSPS) is 10.4. The van der Waals surface area contributed by atoms with Crippen molar-refractivity contribution in [3.63, 3.8) is 0 Å². The zero-order valence-electron chi connectivity index (χ0n) is 13.5. The fourth-order valence-electron chi connectivity index (χ4n) is 2.38. The van der Waals surface area contributed by atoms with Crippen molar-refractivity contribution >= 4 is 22.5 Å². The van der Waals surface area contributed by atoms with Crippen LogP contribution in [0.2, 0.25) is 0 Å². The van der Waals surface area contributed by atoms with Crippen LogP contribution in [0.3, 0.4) is 0 Å². The van der Waals surface area contributed by atoms with Gasteiger partial charge in [0, 0.05) is 17.1 Å². The molecule has 0 fully saturated rings. The number of pyridine rings is 1. The van der Waals surface area contributed by atoms with Crippen LogP contribution in [0.5, 0.6) is 5.75 Å². The SMILES string of the molecule is C=CCCOc1cccc(NC(=O)c2ccc3ncccc3c2)c1F. The minimum atomic E-state index is -0.595. The molecule has 0 unspecified atom stereocenters. The van der Waals surface area contributed by atoms with Gasteiger partial charge < -0.3 is 10.1 Å². The van der Waals surface area contributed by atoms with Crippen LogP contribution in [0.4, 0.5) is 10.1 Å². The number of aromatic nitrogens is 1. The van der Waals surface area contributed by atoms with Gasteiger partial charge in [0.15, 0.2) is 11.6 Å². The molecule has 25 heavy (non-hydrogen) atoms. The monoisotopic (exact) mass is 336 g/mol. The third kappa shape index (κ3) is 3.83. The molecule has 126 valence electrons. The molecule has 4 nitrogen and oxygen atoms in total. The number of carbonyl (C=O) groups excluding carboxylic acids is 1. The predicted octanol–water partition coefficient (Wildman–Crippen LogP) is 4.58. The minimum Gasteiger partial charge on any atom is -0.490 e. The Kier molecular flexibility index (Phi) is 5.04. The molecule has 1 heterocycles. The summed E-state index contributed by atoms with van der Waals surface area (Å²) in [5.41, 5.74) is 1.30. The third-order valence-corrected chi connectivity index (χ3v) is 3.66. The maximum Gasteiger partial charge on any atom is 0.255 e. The van der Waals surface area contributed by atoms with Crippen LogP contribution in [0, 0.1) is 5.82 Å². The van der Waals surface area contributed by atoms with E-state index in [9.17, 15) is 9.18 Å². The summed E-state index contributed by atoms with van der Waals surface area (Å²) in [6, 6.07) is 13.5. The van der Waals surface area contributed by atoms with Crippen LogP contribution < -0.4 is 10.1 Å². The standard InChI is InChI=1S/C20H17FN2O2/c1-2-3-12-25-18-8-4-7-17(19(18)21)23-20(24)15-9-10-16-14(13-15)6-5-11-22-16/h2,4-11,13H,1,3,12H2,(H,23,24). The van der Waals surface area contributed by atoms with Gasteiger partial charge in [-0.3, -0.25) is 9.78 Å². The number of ether oxygens (including phenoxy) is 1. The van der Waals surface area contributed by atoms with Gasteiger partial charge in [-0.2, -0.15) is 0 Å².